The third-order valence-electron chi connectivity index (χ3n) is 2.93. The molecule has 0 aromatic heterocycles. The smallest absolute Gasteiger partial charge is 0.270 e. The molecular weight excluding hydrogens is 382 g/mol. The van der Waals surface area contributed by atoms with Crippen molar-refractivity contribution in [2.45, 2.75) is 0 Å². The maximum absolute atomic E-state index is 11.9. The van der Waals surface area contributed by atoms with Crippen LogP contribution in [0, 0.1) is 20.2 Å². The van der Waals surface area contributed by atoms with Crippen molar-refractivity contribution in [2.75, 3.05) is 5.32 Å². The average molecular weight is 392 g/mol. The number of carbonyl (C=O) groups is 1. The molecular formula is C15H10BrN3O5. The summed E-state index contributed by atoms with van der Waals surface area (Å²) in [5.41, 5.74) is 0.694. The maximum atomic E-state index is 11.9. The molecule has 0 spiro atoms. The number of nitrogens with one attached hydrogen (secondary N) is 1. The first-order valence-corrected chi connectivity index (χ1v) is 7.33. The second-order valence-electron chi connectivity index (χ2n) is 4.60. The van der Waals surface area contributed by atoms with Crippen LogP contribution in [-0.4, -0.2) is 15.8 Å². The molecule has 8 nitrogen and oxygen atoms in total. The van der Waals surface area contributed by atoms with Gasteiger partial charge in [0.15, 0.2) is 0 Å². The molecule has 2 rings (SSSR count). The Labute approximate surface area is 144 Å². The van der Waals surface area contributed by atoms with Crippen molar-refractivity contribution >= 4 is 45.0 Å². The number of carbonyl (C=O) groups excluding carboxylic acids is 1. The molecule has 9 heteroatoms. The number of nitro benzene ring substituents is 2. The molecule has 0 heterocycles. The lowest BCUT2D eigenvalue weighted by Gasteiger charge is -2.04. The van der Waals surface area contributed by atoms with Gasteiger partial charge in [0, 0.05) is 34.8 Å². The Morgan fingerprint density at radius 3 is 2.33 bits per heavy atom. The molecule has 0 fully saturated rings. The van der Waals surface area contributed by atoms with Crippen LogP contribution >= 0.6 is 15.9 Å². The minimum absolute atomic E-state index is 0.0735. The first kappa shape index (κ1) is 17.3. The average Bonchev–Trinajstić information content (AvgIpc) is 2.55. The molecule has 0 saturated carbocycles. The van der Waals surface area contributed by atoms with Crippen molar-refractivity contribution in [3.63, 3.8) is 0 Å². The fourth-order valence-electron chi connectivity index (χ4n) is 1.81. The summed E-state index contributed by atoms with van der Waals surface area (Å²) in [6.07, 6.45) is 2.65. The van der Waals surface area contributed by atoms with E-state index in [2.05, 4.69) is 21.2 Å². The van der Waals surface area contributed by atoms with Crippen LogP contribution in [-0.2, 0) is 4.79 Å². The van der Waals surface area contributed by atoms with Gasteiger partial charge in [-0.2, -0.15) is 0 Å². The molecule has 122 valence electrons. The Kier molecular flexibility index (Phi) is 5.38. The zero-order valence-electron chi connectivity index (χ0n) is 12.0. The Bertz CT molecular complexity index is 851. The molecule has 2 aromatic carbocycles. The second kappa shape index (κ2) is 7.47. The topological polar surface area (TPSA) is 115 Å². The highest BCUT2D eigenvalue weighted by atomic mass is 79.9. The van der Waals surface area contributed by atoms with Crippen molar-refractivity contribution in [1.29, 1.82) is 0 Å². The van der Waals surface area contributed by atoms with E-state index in [9.17, 15) is 25.0 Å². The van der Waals surface area contributed by atoms with Gasteiger partial charge >= 0.3 is 0 Å². The van der Waals surface area contributed by atoms with Crippen LogP contribution < -0.4 is 5.32 Å². The van der Waals surface area contributed by atoms with Crippen LogP contribution in [0.25, 0.3) is 6.08 Å². The number of hydrogen-bond acceptors (Lipinski definition) is 5. The van der Waals surface area contributed by atoms with Crippen molar-refractivity contribution in [3.8, 4) is 0 Å². The third-order valence-corrected chi connectivity index (χ3v) is 3.59. The molecule has 0 saturated heterocycles. The molecule has 0 unspecified atom stereocenters. The number of hydrogen-bond donors (Lipinski definition) is 1. The highest BCUT2D eigenvalue weighted by molar-refractivity contribution is 9.10. The zero-order chi connectivity index (χ0) is 17.7. The van der Waals surface area contributed by atoms with E-state index in [1.54, 1.807) is 6.07 Å². The Hall–Kier alpha value is -3.07. The first-order chi connectivity index (χ1) is 11.4. The van der Waals surface area contributed by atoms with Gasteiger partial charge in [0.25, 0.3) is 11.4 Å². The van der Waals surface area contributed by atoms with Gasteiger partial charge in [0.1, 0.15) is 0 Å². The van der Waals surface area contributed by atoms with Crippen molar-refractivity contribution in [1.82, 2.24) is 0 Å². The van der Waals surface area contributed by atoms with E-state index in [0.717, 1.165) is 0 Å². The number of amides is 1. The van der Waals surface area contributed by atoms with Crippen LogP contribution in [0.3, 0.4) is 0 Å². The summed E-state index contributed by atoms with van der Waals surface area (Å²) in [5.74, 6) is -0.476. The highest BCUT2D eigenvalue weighted by Gasteiger charge is 2.10. The normalized spacial score (nSPS) is 10.5. The maximum Gasteiger partial charge on any atom is 0.270 e. The second-order valence-corrected chi connectivity index (χ2v) is 5.45. The largest absolute Gasteiger partial charge is 0.321 e. The fraction of sp³-hybridized carbons (Fsp3) is 0. The van der Waals surface area contributed by atoms with Crippen LogP contribution in [0.15, 0.2) is 53.0 Å². The van der Waals surface area contributed by atoms with Gasteiger partial charge in [-0.25, -0.2) is 0 Å². The predicted octanol–water partition coefficient (Wildman–Crippen LogP) is 3.92. The van der Waals surface area contributed by atoms with E-state index in [0.29, 0.717) is 15.7 Å². The SMILES string of the molecule is O=C(/C=C/c1cccc([N+](=O)[O-])c1)Nc1ccc([N+](=O)[O-])cc1Br. The summed E-state index contributed by atoms with van der Waals surface area (Å²) in [7, 11) is 0. The molecule has 0 bridgehead atoms. The van der Waals surface area contributed by atoms with E-state index < -0.39 is 15.8 Å². The quantitative estimate of drug-likeness (QED) is 0.471. The standard InChI is InChI=1S/C15H10BrN3O5/c16-13-9-12(19(23)24)5-6-14(13)17-15(20)7-4-10-2-1-3-11(8-10)18(21)22/h1-9H,(H,17,20)/b7-4+. The first-order valence-electron chi connectivity index (χ1n) is 6.54. The lowest BCUT2D eigenvalue weighted by Crippen LogP contribution is -2.08. The van der Waals surface area contributed by atoms with Gasteiger partial charge in [0.2, 0.25) is 5.91 Å². The number of halogens is 1. The number of nitrogens with zero attached hydrogens (tertiary/aromatic N) is 2. The molecule has 0 aliphatic heterocycles. The van der Waals surface area contributed by atoms with Crippen molar-refractivity contribution in [3.05, 3.63) is 78.8 Å². The fourth-order valence-corrected chi connectivity index (χ4v) is 2.27. The minimum Gasteiger partial charge on any atom is -0.321 e. The highest BCUT2D eigenvalue weighted by Crippen LogP contribution is 2.27. The number of non-ortho nitro benzene ring substituents is 2. The summed E-state index contributed by atoms with van der Waals surface area (Å²) in [4.78, 5) is 32.2. The lowest BCUT2D eigenvalue weighted by atomic mass is 10.2. The molecule has 0 atom stereocenters. The number of anilines is 1. The summed E-state index contributed by atoms with van der Waals surface area (Å²) in [5, 5.41) is 23.9. The molecule has 0 aliphatic carbocycles. The minimum atomic E-state index is -0.543. The lowest BCUT2D eigenvalue weighted by molar-refractivity contribution is -0.385. The molecule has 0 radical (unpaired) electrons. The monoisotopic (exact) mass is 391 g/mol. The van der Waals surface area contributed by atoms with Gasteiger partial charge in [-0.05, 0) is 33.6 Å². The van der Waals surface area contributed by atoms with Crippen LogP contribution in [0.1, 0.15) is 5.56 Å². The van der Waals surface area contributed by atoms with Gasteiger partial charge in [-0.1, -0.05) is 12.1 Å². The molecule has 0 aliphatic rings. The zero-order valence-corrected chi connectivity index (χ0v) is 13.6. The van der Waals surface area contributed by atoms with Gasteiger partial charge in [0.05, 0.1) is 15.5 Å². The van der Waals surface area contributed by atoms with Crippen molar-refractivity contribution in [2.24, 2.45) is 0 Å². The number of benzene rings is 2. The Morgan fingerprint density at radius 2 is 1.71 bits per heavy atom. The molecule has 1 amide bonds. The summed E-state index contributed by atoms with van der Waals surface area (Å²) < 4.78 is 0.369. The molecule has 24 heavy (non-hydrogen) atoms. The third kappa shape index (κ3) is 4.46. The summed E-state index contributed by atoms with van der Waals surface area (Å²) >= 11 is 3.15. The summed E-state index contributed by atoms with van der Waals surface area (Å²) in [6, 6.07) is 9.78. The Morgan fingerprint density at radius 1 is 1.04 bits per heavy atom. The van der Waals surface area contributed by atoms with E-state index >= 15 is 0 Å². The Balaban J connectivity index is 2.09. The van der Waals surface area contributed by atoms with E-state index in [1.165, 1.54) is 48.6 Å². The van der Waals surface area contributed by atoms with Crippen LogP contribution in [0.5, 0.6) is 0 Å². The number of rotatable bonds is 5. The van der Waals surface area contributed by atoms with E-state index in [4.69, 9.17) is 0 Å². The summed E-state index contributed by atoms with van der Waals surface area (Å²) in [6.45, 7) is 0. The van der Waals surface area contributed by atoms with Crippen LogP contribution in [0.2, 0.25) is 0 Å². The van der Waals surface area contributed by atoms with Crippen LogP contribution in [0.4, 0.5) is 17.1 Å². The molecule has 1 N–H and O–H groups in total. The van der Waals surface area contributed by atoms with Crippen molar-refractivity contribution < 1.29 is 14.6 Å². The van der Waals surface area contributed by atoms with Gasteiger partial charge in [-0.15, -0.1) is 0 Å². The number of nitro groups is 2. The van der Waals surface area contributed by atoms with Gasteiger partial charge < -0.3 is 5.32 Å². The molecule has 2 aromatic rings. The van der Waals surface area contributed by atoms with Gasteiger partial charge in [-0.3, -0.25) is 25.0 Å². The van der Waals surface area contributed by atoms with E-state index in [-0.39, 0.29) is 11.4 Å². The predicted molar refractivity (Wildman–Crippen MR) is 91.6 cm³/mol. The van der Waals surface area contributed by atoms with E-state index in [1.807, 2.05) is 0 Å².